The molecule has 1 N–H and O–H groups in total. The molecule has 0 bridgehead atoms. The number of amides is 1. The molecular formula is C20H23FN2O5S. The van der Waals surface area contributed by atoms with Crippen LogP contribution in [0.3, 0.4) is 0 Å². The first-order valence-corrected chi connectivity index (χ1v) is 10.7. The summed E-state index contributed by atoms with van der Waals surface area (Å²) in [7, 11) is -3.72. The van der Waals surface area contributed by atoms with Gasteiger partial charge in [-0.25, -0.2) is 12.8 Å². The van der Waals surface area contributed by atoms with Crippen LogP contribution < -0.4 is 10.1 Å². The Kier molecular flexibility index (Phi) is 6.83. The number of hydrogen-bond acceptors (Lipinski definition) is 5. The van der Waals surface area contributed by atoms with E-state index in [0.29, 0.717) is 31.1 Å². The van der Waals surface area contributed by atoms with E-state index in [1.165, 1.54) is 40.7 Å². The molecule has 7 nitrogen and oxygen atoms in total. The fourth-order valence-electron chi connectivity index (χ4n) is 3.01. The van der Waals surface area contributed by atoms with Crippen molar-refractivity contribution in [3.63, 3.8) is 0 Å². The summed E-state index contributed by atoms with van der Waals surface area (Å²) < 4.78 is 51.2. The van der Waals surface area contributed by atoms with Gasteiger partial charge in [-0.1, -0.05) is 12.1 Å². The first-order valence-electron chi connectivity index (χ1n) is 9.29. The lowest BCUT2D eigenvalue weighted by molar-refractivity contribution is -0.115. The third-order valence-electron chi connectivity index (χ3n) is 4.39. The second kappa shape index (κ2) is 9.34. The maximum absolute atomic E-state index is 13.3. The molecular weight excluding hydrogens is 399 g/mol. The quantitative estimate of drug-likeness (QED) is 0.741. The molecule has 1 fully saturated rings. The van der Waals surface area contributed by atoms with Gasteiger partial charge in [-0.05, 0) is 42.8 Å². The Labute approximate surface area is 169 Å². The number of hydrogen-bond donors (Lipinski definition) is 1. The molecule has 156 valence electrons. The van der Waals surface area contributed by atoms with Crippen LogP contribution in [0, 0.1) is 5.82 Å². The lowest BCUT2D eigenvalue weighted by atomic mass is 10.1. The summed E-state index contributed by atoms with van der Waals surface area (Å²) in [5.41, 5.74) is 0.764. The number of ether oxygens (including phenoxy) is 2. The van der Waals surface area contributed by atoms with Gasteiger partial charge in [-0.2, -0.15) is 4.31 Å². The molecule has 2 aromatic carbocycles. The summed E-state index contributed by atoms with van der Waals surface area (Å²) in [6.07, 6.45) is -0.0518. The van der Waals surface area contributed by atoms with Crippen molar-refractivity contribution in [2.75, 3.05) is 38.2 Å². The maximum Gasteiger partial charge on any atom is 0.243 e. The molecule has 0 radical (unpaired) electrons. The van der Waals surface area contributed by atoms with E-state index in [-0.39, 0.29) is 30.1 Å². The van der Waals surface area contributed by atoms with Crippen LogP contribution in [0.25, 0.3) is 0 Å². The summed E-state index contributed by atoms with van der Waals surface area (Å²) in [6.45, 7) is 3.37. The van der Waals surface area contributed by atoms with Gasteiger partial charge in [0.2, 0.25) is 15.9 Å². The summed E-state index contributed by atoms with van der Waals surface area (Å²) >= 11 is 0. The Morgan fingerprint density at radius 2 is 1.97 bits per heavy atom. The number of anilines is 1. The second-order valence-electron chi connectivity index (χ2n) is 6.46. The lowest BCUT2D eigenvalue weighted by Gasteiger charge is -2.26. The topological polar surface area (TPSA) is 84.9 Å². The van der Waals surface area contributed by atoms with Crippen LogP contribution in [0.15, 0.2) is 47.4 Å². The molecule has 3 rings (SSSR count). The number of morpholine rings is 1. The highest BCUT2D eigenvalue weighted by atomic mass is 32.2. The highest BCUT2D eigenvalue weighted by molar-refractivity contribution is 7.89. The van der Waals surface area contributed by atoms with E-state index in [1.807, 2.05) is 0 Å². The van der Waals surface area contributed by atoms with Crippen LogP contribution >= 0.6 is 0 Å². The number of carbonyl (C=O) groups excluding carboxylic acids is 1. The van der Waals surface area contributed by atoms with Crippen molar-refractivity contribution in [3.05, 3.63) is 53.8 Å². The van der Waals surface area contributed by atoms with E-state index < -0.39 is 21.7 Å². The van der Waals surface area contributed by atoms with Crippen molar-refractivity contribution < 1.29 is 27.1 Å². The van der Waals surface area contributed by atoms with Crippen LogP contribution in [-0.4, -0.2) is 51.5 Å². The number of nitrogens with zero attached hydrogens (tertiary/aromatic N) is 1. The first-order chi connectivity index (χ1) is 13.9. The number of carbonyl (C=O) groups is 1. The molecule has 0 unspecified atom stereocenters. The fourth-order valence-corrected chi connectivity index (χ4v) is 4.45. The van der Waals surface area contributed by atoms with Gasteiger partial charge in [0.25, 0.3) is 0 Å². The lowest BCUT2D eigenvalue weighted by Crippen LogP contribution is -2.40. The van der Waals surface area contributed by atoms with Crippen molar-refractivity contribution in [2.45, 2.75) is 18.2 Å². The smallest absolute Gasteiger partial charge is 0.243 e. The van der Waals surface area contributed by atoms with Crippen molar-refractivity contribution in [3.8, 4) is 5.75 Å². The van der Waals surface area contributed by atoms with E-state index in [9.17, 15) is 17.6 Å². The Morgan fingerprint density at radius 1 is 1.21 bits per heavy atom. The fraction of sp³-hybridized carbons (Fsp3) is 0.350. The monoisotopic (exact) mass is 422 g/mol. The van der Waals surface area contributed by atoms with Crippen LogP contribution in [0.2, 0.25) is 0 Å². The average molecular weight is 422 g/mol. The molecule has 29 heavy (non-hydrogen) atoms. The minimum Gasteiger partial charge on any atom is -0.492 e. The van der Waals surface area contributed by atoms with E-state index in [1.54, 1.807) is 13.0 Å². The van der Waals surface area contributed by atoms with Crippen LogP contribution in [0.5, 0.6) is 5.75 Å². The molecule has 1 aliphatic heterocycles. The number of benzene rings is 2. The molecule has 2 aromatic rings. The standard InChI is InChI=1S/C20H23FN2O5S/c1-2-28-19-7-6-17(29(25,26)23-8-10-27-11-9-23)14-18(19)22-20(24)13-15-4-3-5-16(21)12-15/h3-7,12,14H,2,8-11,13H2,1H3,(H,22,24). The molecule has 1 saturated heterocycles. The zero-order chi connectivity index (χ0) is 20.9. The van der Waals surface area contributed by atoms with Crippen molar-refractivity contribution >= 4 is 21.6 Å². The number of nitrogens with one attached hydrogen (secondary N) is 1. The van der Waals surface area contributed by atoms with Gasteiger partial charge in [-0.15, -0.1) is 0 Å². The predicted molar refractivity (Wildman–Crippen MR) is 106 cm³/mol. The summed E-state index contributed by atoms with van der Waals surface area (Å²) in [5.74, 6) is -0.470. The van der Waals surface area contributed by atoms with Crippen molar-refractivity contribution in [2.24, 2.45) is 0 Å². The van der Waals surface area contributed by atoms with Gasteiger partial charge in [0, 0.05) is 13.1 Å². The van der Waals surface area contributed by atoms with Crippen molar-refractivity contribution in [1.29, 1.82) is 0 Å². The highest BCUT2D eigenvalue weighted by Gasteiger charge is 2.27. The Bertz CT molecular complexity index is 975. The van der Waals surface area contributed by atoms with Gasteiger partial charge in [0.05, 0.1) is 36.8 Å². The molecule has 1 aliphatic rings. The Balaban J connectivity index is 1.83. The highest BCUT2D eigenvalue weighted by Crippen LogP contribution is 2.29. The minimum absolute atomic E-state index is 0.0518. The van der Waals surface area contributed by atoms with Gasteiger partial charge < -0.3 is 14.8 Å². The summed E-state index contributed by atoms with van der Waals surface area (Å²) in [4.78, 5) is 12.5. The van der Waals surface area contributed by atoms with E-state index in [4.69, 9.17) is 9.47 Å². The molecule has 9 heteroatoms. The van der Waals surface area contributed by atoms with E-state index in [2.05, 4.69) is 5.32 Å². The van der Waals surface area contributed by atoms with Gasteiger partial charge in [0.1, 0.15) is 11.6 Å². The molecule has 0 saturated carbocycles. The molecule has 0 spiro atoms. The van der Waals surface area contributed by atoms with Gasteiger partial charge in [-0.3, -0.25) is 4.79 Å². The molecule has 1 heterocycles. The van der Waals surface area contributed by atoms with Gasteiger partial charge >= 0.3 is 0 Å². The van der Waals surface area contributed by atoms with Crippen molar-refractivity contribution in [1.82, 2.24) is 4.31 Å². The summed E-state index contributed by atoms with van der Waals surface area (Å²) in [6, 6.07) is 10.1. The predicted octanol–water partition coefficient (Wildman–Crippen LogP) is 2.43. The average Bonchev–Trinajstić information content (AvgIpc) is 2.70. The SMILES string of the molecule is CCOc1ccc(S(=O)(=O)N2CCOCC2)cc1NC(=O)Cc1cccc(F)c1. The zero-order valence-electron chi connectivity index (χ0n) is 16.1. The third-order valence-corrected chi connectivity index (χ3v) is 6.28. The van der Waals surface area contributed by atoms with Gasteiger partial charge in [0.15, 0.2) is 0 Å². The molecule has 0 aliphatic carbocycles. The third kappa shape index (κ3) is 5.31. The molecule has 0 aromatic heterocycles. The number of rotatable bonds is 7. The Hall–Kier alpha value is -2.49. The maximum atomic E-state index is 13.3. The first kappa shape index (κ1) is 21.2. The minimum atomic E-state index is -3.72. The summed E-state index contributed by atoms with van der Waals surface area (Å²) in [5, 5.41) is 2.68. The van der Waals surface area contributed by atoms with Crippen LogP contribution in [0.1, 0.15) is 12.5 Å². The number of sulfonamides is 1. The normalized spacial score (nSPS) is 15.1. The molecule has 0 atom stereocenters. The Morgan fingerprint density at radius 3 is 2.66 bits per heavy atom. The largest absolute Gasteiger partial charge is 0.492 e. The zero-order valence-corrected chi connectivity index (χ0v) is 16.9. The van der Waals surface area contributed by atoms with Crippen LogP contribution in [0.4, 0.5) is 10.1 Å². The van der Waals surface area contributed by atoms with E-state index in [0.717, 1.165) is 0 Å². The second-order valence-corrected chi connectivity index (χ2v) is 8.40. The molecule has 1 amide bonds. The van der Waals surface area contributed by atoms with E-state index >= 15 is 0 Å². The number of halogens is 1. The van der Waals surface area contributed by atoms with Crippen LogP contribution in [-0.2, 0) is 26.0 Å².